The van der Waals surface area contributed by atoms with Crippen LogP contribution in [0.4, 0.5) is 5.69 Å². The molecule has 9 heteroatoms. The fourth-order valence-electron chi connectivity index (χ4n) is 4.94. The number of carbonyl (C=O) groups excluding carboxylic acids is 2. The first-order valence-electron chi connectivity index (χ1n) is 14.3. The summed E-state index contributed by atoms with van der Waals surface area (Å²) in [6.45, 7) is 3.62. The number of hydrogen-bond donors (Lipinski definition) is 1. The van der Waals surface area contributed by atoms with Crippen LogP contribution >= 0.6 is 11.6 Å². The van der Waals surface area contributed by atoms with Crippen LogP contribution in [0.1, 0.15) is 30.5 Å². The van der Waals surface area contributed by atoms with E-state index in [1.54, 1.807) is 48.5 Å². The summed E-state index contributed by atoms with van der Waals surface area (Å²) in [6.07, 6.45) is 0.796. The van der Waals surface area contributed by atoms with E-state index >= 15 is 0 Å². The Bertz CT molecular complexity index is 1630. The molecule has 4 aromatic carbocycles. The molecule has 43 heavy (non-hydrogen) atoms. The van der Waals surface area contributed by atoms with E-state index in [1.165, 1.54) is 17.0 Å². The van der Waals surface area contributed by atoms with Gasteiger partial charge < -0.3 is 10.2 Å². The minimum absolute atomic E-state index is 0.0157. The molecule has 0 heterocycles. The van der Waals surface area contributed by atoms with Crippen LogP contribution in [-0.2, 0) is 39.0 Å². The molecule has 0 fully saturated rings. The van der Waals surface area contributed by atoms with Gasteiger partial charge in [-0.1, -0.05) is 103 Å². The van der Waals surface area contributed by atoms with Crippen molar-refractivity contribution in [3.8, 4) is 0 Å². The lowest BCUT2D eigenvalue weighted by atomic mass is 10.0. The van der Waals surface area contributed by atoms with Crippen molar-refractivity contribution in [2.75, 3.05) is 17.4 Å². The first kappa shape index (κ1) is 31.8. The molecule has 0 unspecified atom stereocenters. The molecule has 0 saturated carbocycles. The summed E-state index contributed by atoms with van der Waals surface area (Å²) >= 11 is 6.53. The summed E-state index contributed by atoms with van der Waals surface area (Å²) in [5.41, 5.74) is 2.70. The van der Waals surface area contributed by atoms with Gasteiger partial charge in [-0.05, 0) is 54.3 Å². The Labute approximate surface area is 259 Å². The number of hydrogen-bond acceptors (Lipinski definition) is 4. The minimum Gasteiger partial charge on any atom is -0.355 e. The van der Waals surface area contributed by atoms with Crippen LogP contribution in [0.15, 0.2) is 114 Å². The number of para-hydroxylation sites is 1. The smallest absolute Gasteiger partial charge is 0.264 e. The molecular formula is C34H36ClN3O4S. The second-order valence-corrected chi connectivity index (χ2v) is 12.3. The van der Waals surface area contributed by atoms with E-state index in [2.05, 4.69) is 5.32 Å². The van der Waals surface area contributed by atoms with Gasteiger partial charge in [-0.15, -0.1) is 0 Å². The molecule has 1 atom stereocenters. The van der Waals surface area contributed by atoms with E-state index in [1.807, 2.05) is 62.4 Å². The van der Waals surface area contributed by atoms with Gasteiger partial charge in [0.2, 0.25) is 11.8 Å². The zero-order chi connectivity index (χ0) is 30.8. The Morgan fingerprint density at radius 1 is 0.791 bits per heavy atom. The molecule has 0 bridgehead atoms. The largest absolute Gasteiger partial charge is 0.355 e. The zero-order valence-corrected chi connectivity index (χ0v) is 25.9. The van der Waals surface area contributed by atoms with E-state index in [0.717, 1.165) is 15.4 Å². The number of carbonyl (C=O) groups is 2. The van der Waals surface area contributed by atoms with Crippen molar-refractivity contribution in [1.82, 2.24) is 10.2 Å². The molecule has 2 amide bonds. The zero-order valence-electron chi connectivity index (χ0n) is 24.3. The van der Waals surface area contributed by atoms with Gasteiger partial charge in [0.25, 0.3) is 10.0 Å². The number of halogens is 1. The lowest BCUT2D eigenvalue weighted by Gasteiger charge is -2.34. The lowest BCUT2D eigenvalue weighted by Crippen LogP contribution is -2.53. The van der Waals surface area contributed by atoms with Crippen molar-refractivity contribution in [1.29, 1.82) is 0 Å². The summed E-state index contributed by atoms with van der Waals surface area (Å²) in [6, 6.07) is 30.8. The van der Waals surface area contributed by atoms with Gasteiger partial charge in [-0.2, -0.15) is 0 Å². The average molecular weight is 618 g/mol. The maximum atomic E-state index is 14.5. The molecule has 0 saturated heterocycles. The van der Waals surface area contributed by atoms with Gasteiger partial charge >= 0.3 is 0 Å². The third-order valence-electron chi connectivity index (χ3n) is 7.17. The van der Waals surface area contributed by atoms with E-state index in [0.29, 0.717) is 29.2 Å². The second-order valence-electron chi connectivity index (χ2n) is 10.0. The summed E-state index contributed by atoms with van der Waals surface area (Å²) in [5, 5.41) is 3.31. The molecule has 0 aliphatic carbocycles. The van der Waals surface area contributed by atoms with Gasteiger partial charge in [-0.3, -0.25) is 13.9 Å². The summed E-state index contributed by atoms with van der Waals surface area (Å²) < 4.78 is 29.4. The van der Waals surface area contributed by atoms with Gasteiger partial charge in [0, 0.05) is 24.5 Å². The topological polar surface area (TPSA) is 86.8 Å². The lowest BCUT2D eigenvalue weighted by molar-refractivity contribution is -0.140. The van der Waals surface area contributed by atoms with Gasteiger partial charge in [-0.25, -0.2) is 8.42 Å². The molecule has 224 valence electrons. The van der Waals surface area contributed by atoms with Gasteiger partial charge in [0.05, 0.1) is 10.6 Å². The molecule has 4 rings (SSSR count). The highest BCUT2D eigenvalue weighted by Gasteiger charge is 2.35. The number of benzene rings is 4. The Hall–Kier alpha value is -4.14. The van der Waals surface area contributed by atoms with E-state index in [-0.39, 0.29) is 23.8 Å². The number of rotatable bonds is 13. The number of anilines is 1. The standard InChI is InChI=1S/C34H36ClN3O4S/c1-3-27-17-12-14-22-31(27)38(43(41,42)29-19-9-6-10-20-29)25-33(39)37(24-28-18-11-13-21-30(28)35)32(34(40)36-4-2)23-26-15-7-5-8-16-26/h5-22,32H,3-4,23-25H2,1-2H3,(H,36,40)/t32-/m1/s1. The molecule has 7 nitrogen and oxygen atoms in total. The van der Waals surface area contributed by atoms with Crippen LogP contribution in [0.5, 0.6) is 0 Å². The second kappa shape index (κ2) is 14.8. The van der Waals surface area contributed by atoms with E-state index in [4.69, 9.17) is 11.6 Å². The third-order valence-corrected chi connectivity index (χ3v) is 9.31. The quantitative estimate of drug-likeness (QED) is 0.203. The molecular weight excluding hydrogens is 582 g/mol. The Balaban J connectivity index is 1.82. The number of aryl methyl sites for hydroxylation is 1. The molecule has 0 radical (unpaired) electrons. The fraction of sp³-hybridized carbons (Fsp3) is 0.235. The highest BCUT2D eigenvalue weighted by molar-refractivity contribution is 7.92. The van der Waals surface area contributed by atoms with Crippen LogP contribution in [0.2, 0.25) is 5.02 Å². The summed E-state index contributed by atoms with van der Waals surface area (Å²) in [4.78, 5) is 29.5. The monoisotopic (exact) mass is 617 g/mol. The highest BCUT2D eigenvalue weighted by Crippen LogP contribution is 2.29. The third kappa shape index (κ3) is 7.83. The molecule has 0 aromatic heterocycles. The minimum atomic E-state index is -4.15. The van der Waals surface area contributed by atoms with Gasteiger partial charge in [0.15, 0.2) is 0 Å². The van der Waals surface area contributed by atoms with E-state index < -0.39 is 28.5 Å². The average Bonchev–Trinajstić information content (AvgIpc) is 3.03. The molecule has 0 spiro atoms. The number of sulfonamides is 1. The maximum absolute atomic E-state index is 14.5. The van der Waals surface area contributed by atoms with Crippen molar-refractivity contribution in [3.05, 3.63) is 131 Å². The normalized spacial score (nSPS) is 11.9. The van der Waals surface area contributed by atoms with Crippen molar-refractivity contribution < 1.29 is 18.0 Å². The van der Waals surface area contributed by atoms with Crippen molar-refractivity contribution in [2.45, 2.75) is 44.2 Å². The number of likely N-dealkylation sites (N-methyl/N-ethyl adjacent to an activating group) is 1. The molecule has 4 aromatic rings. The predicted octanol–water partition coefficient (Wildman–Crippen LogP) is 5.87. The molecule has 0 aliphatic rings. The first-order valence-corrected chi connectivity index (χ1v) is 16.1. The number of amides is 2. The van der Waals surface area contributed by atoms with Crippen molar-refractivity contribution in [2.24, 2.45) is 0 Å². The van der Waals surface area contributed by atoms with Crippen LogP contribution in [0.25, 0.3) is 0 Å². The van der Waals surface area contributed by atoms with Crippen LogP contribution < -0.4 is 9.62 Å². The number of nitrogens with one attached hydrogen (secondary N) is 1. The van der Waals surface area contributed by atoms with Crippen LogP contribution in [0.3, 0.4) is 0 Å². The van der Waals surface area contributed by atoms with Crippen molar-refractivity contribution >= 4 is 39.1 Å². The highest BCUT2D eigenvalue weighted by atomic mass is 35.5. The first-order chi connectivity index (χ1) is 20.8. The summed E-state index contributed by atoms with van der Waals surface area (Å²) in [5.74, 6) is -0.865. The SMILES string of the molecule is CCNC(=O)[C@@H](Cc1ccccc1)N(Cc1ccccc1Cl)C(=O)CN(c1ccccc1CC)S(=O)(=O)c1ccccc1. The number of nitrogens with zero attached hydrogens (tertiary/aromatic N) is 2. The Kier molecular flexibility index (Phi) is 11.0. The maximum Gasteiger partial charge on any atom is 0.264 e. The van der Waals surface area contributed by atoms with Crippen LogP contribution in [-0.4, -0.2) is 44.3 Å². The van der Waals surface area contributed by atoms with Crippen molar-refractivity contribution in [3.63, 3.8) is 0 Å². The van der Waals surface area contributed by atoms with Crippen LogP contribution in [0, 0.1) is 0 Å². The van der Waals surface area contributed by atoms with E-state index in [9.17, 15) is 18.0 Å². The Morgan fingerprint density at radius 3 is 2.00 bits per heavy atom. The predicted molar refractivity (Wildman–Crippen MR) is 171 cm³/mol. The Morgan fingerprint density at radius 2 is 1.37 bits per heavy atom. The van der Waals surface area contributed by atoms with Gasteiger partial charge in [0.1, 0.15) is 12.6 Å². The molecule has 0 aliphatic heterocycles. The fourth-order valence-corrected chi connectivity index (χ4v) is 6.61. The summed E-state index contributed by atoms with van der Waals surface area (Å²) in [7, 11) is -4.15. The molecule has 1 N–H and O–H groups in total.